The first kappa shape index (κ1) is 14.8. The summed E-state index contributed by atoms with van der Waals surface area (Å²) in [5.41, 5.74) is 0.594. The zero-order valence-corrected chi connectivity index (χ0v) is 11.3. The van der Waals surface area contributed by atoms with Gasteiger partial charge in [0.05, 0.1) is 6.42 Å². The van der Waals surface area contributed by atoms with Crippen molar-refractivity contribution in [3.8, 4) is 0 Å². The van der Waals surface area contributed by atoms with Crippen LogP contribution in [0.15, 0.2) is 29.2 Å². The number of ketones is 1. The molecule has 3 nitrogen and oxygen atoms in total. The molecule has 4 heteroatoms. The van der Waals surface area contributed by atoms with Crippen LogP contribution >= 0.6 is 11.8 Å². The van der Waals surface area contributed by atoms with Crippen LogP contribution in [0.4, 0.5) is 0 Å². The van der Waals surface area contributed by atoms with Crippen molar-refractivity contribution in [2.24, 2.45) is 0 Å². The third-order valence-electron chi connectivity index (χ3n) is 2.51. The predicted octanol–water partition coefficient (Wildman–Crippen LogP) is 3.63. The molecule has 0 aromatic heterocycles. The number of carboxylic acid groups (broad SMARTS) is 1. The van der Waals surface area contributed by atoms with Crippen LogP contribution in [0.25, 0.3) is 0 Å². The maximum absolute atomic E-state index is 11.7. The van der Waals surface area contributed by atoms with E-state index in [0.29, 0.717) is 5.56 Å². The monoisotopic (exact) mass is 266 g/mol. The van der Waals surface area contributed by atoms with Gasteiger partial charge in [-0.1, -0.05) is 25.5 Å². The minimum Gasteiger partial charge on any atom is -0.481 e. The number of thioether (sulfide) groups is 1. The highest BCUT2D eigenvalue weighted by atomic mass is 32.2. The summed E-state index contributed by atoms with van der Waals surface area (Å²) >= 11 is 1.78. The van der Waals surface area contributed by atoms with Gasteiger partial charge in [-0.05, 0) is 24.3 Å². The Morgan fingerprint density at radius 1 is 1.17 bits per heavy atom. The summed E-state index contributed by atoms with van der Waals surface area (Å²) in [7, 11) is 0. The van der Waals surface area contributed by atoms with Crippen LogP contribution in [0, 0.1) is 0 Å². The summed E-state index contributed by atoms with van der Waals surface area (Å²) in [6.07, 6.45) is 2.33. The molecule has 98 valence electrons. The Labute approximate surface area is 112 Å². The van der Waals surface area contributed by atoms with Gasteiger partial charge < -0.3 is 5.11 Å². The maximum Gasteiger partial charge on any atom is 0.303 e. The van der Waals surface area contributed by atoms with Gasteiger partial charge in [0, 0.05) is 16.9 Å². The first-order chi connectivity index (χ1) is 8.63. The van der Waals surface area contributed by atoms with Crippen LogP contribution in [0.5, 0.6) is 0 Å². The molecule has 1 rings (SSSR count). The molecule has 1 aromatic rings. The van der Waals surface area contributed by atoms with E-state index in [-0.39, 0.29) is 18.6 Å². The van der Waals surface area contributed by atoms with Crippen LogP contribution in [0.1, 0.15) is 43.0 Å². The lowest BCUT2D eigenvalue weighted by molar-refractivity contribution is -0.136. The van der Waals surface area contributed by atoms with Gasteiger partial charge in [-0.25, -0.2) is 0 Å². The molecular weight excluding hydrogens is 248 g/mol. The van der Waals surface area contributed by atoms with E-state index in [4.69, 9.17) is 5.11 Å². The number of hydrogen-bond acceptors (Lipinski definition) is 3. The third-order valence-corrected chi connectivity index (χ3v) is 3.61. The van der Waals surface area contributed by atoms with E-state index in [0.717, 1.165) is 10.6 Å². The molecule has 1 aromatic carbocycles. The Balaban J connectivity index is 2.48. The largest absolute Gasteiger partial charge is 0.481 e. The molecule has 0 fully saturated rings. The molecule has 0 saturated carbocycles. The number of carboxylic acids is 1. The summed E-state index contributed by atoms with van der Waals surface area (Å²) in [6, 6.07) is 7.40. The summed E-state index contributed by atoms with van der Waals surface area (Å²) in [4.78, 5) is 23.2. The molecule has 0 aliphatic carbocycles. The molecule has 0 aliphatic heterocycles. The minimum atomic E-state index is -0.935. The van der Waals surface area contributed by atoms with E-state index in [2.05, 4.69) is 6.92 Å². The van der Waals surface area contributed by atoms with Gasteiger partial charge in [-0.15, -0.1) is 11.8 Å². The van der Waals surface area contributed by atoms with Crippen LogP contribution in [-0.4, -0.2) is 22.6 Å². The highest BCUT2D eigenvalue weighted by Gasteiger charge is 2.08. The minimum absolute atomic E-state index is 0.0671. The first-order valence-corrected chi connectivity index (χ1v) is 7.10. The third kappa shape index (κ3) is 5.36. The molecule has 0 amide bonds. The standard InChI is InChI=1S/C14H18O3S/c1-2-3-10-18-12-6-4-11(5-7-12)13(15)8-9-14(16)17/h4-7H,2-3,8-10H2,1H3,(H,16,17). The number of rotatable bonds is 8. The molecule has 0 atom stereocenters. The Kier molecular flexibility index (Phi) is 6.50. The van der Waals surface area contributed by atoms with Crippen LogP contribution in [0.3, 0.4) is 0 Å². The molecule has 0 heterocycles. The van der Waals surface area contributed by atoms with Gasteiger partial charge in [0.2, 0.25) is 0 Å². The Hall–Kier alpha value is -1.29. The fraction of sp³-hybridized carbons (Fsp3) is 0.429. The molecule has 0 spiro atoms. The smallest absolute Gasteiger partial charge is 0.303 e. The van der Waals surface area contributed by atoms with E-state index in [1.54, 1.807) is 23.9 Å². The number of aliphatic carboxylic acids is 1. The fourth-order valence-electron chi connectivity index (χ4n) is 1.44. The van der Waals surface area contributed by atoms with Crippen molar-refractivity contribution in [2.75, 3.05) is 5.75 Å². The average molecular weight is 266 g/mol. The van der Waals surface area contributed by atoms with E-state index in [9.17, 15) is 9.59 Å². The summed E-state index contributed by atoms with van der Waals surface area (Å²) in [5.74, 6) is 0.0422. The van der Waals surface area contributed by atoms with Gasteiger partial charge in [0.15, 0.2) is 5.78 Å². The van der Waals surface area contributed by atoms with Gasteiger partial charge in [-0.2, -0.15) is 0 Å². The maximum atomic E-state index is 11.7. The molecule has 0 unspecified atom stereocenters. The number of carbonyl (C=O) groups is 2. The van der Waals surface area contributed by atoms with E-state index in [1.807, 2.05) is 12.1 Å². The van der Waals surface area contributed by atoms with Gasteiger partial charge in [-0.3, -0.25) is 9.59 Å². The Bertz CT molecular complexity index is 398. The van der Waals surface area contributed by atoms with Crippen molar-refractivity contribution in [1.82, 2.24) is 0 Å². The van der Waals surface area contributed by atoms with Crippen molar-refractivity contribution in [2.45, 2.75) is 37.5 Å². The van der Waals surface area contributed by atoms with Crippen molar-refractivity contribution in [3.05, 3.63) is 29.8 Å². The van der Waals surface area contributed by atoms with Crippen molar-refractivity contribution in [1.29, 1.82) is 0 Å². The lowest BCUT2D eigenvalue weighted by Crippen LogP contribution is -2.03. The normalized spacial score (nSPS) is 10.3. The van der Waals surface area contributed by atoms with Crippen molar-refractivity contribution in [3.63, 3.8) is 0 Å². The Morgan fingerprint density at radius 3 is 2.39 bits per heavy atom. The molecule has 0 saturated heterocycles. The fourth-order valence-corrected chi connectivity index (χ4v) is 2.43. The average Bonchev–Trinajstić information content (AvgIpc) is 2.37. The number of hydrogen-bond donors (Lipinski definition) is 1. The topological polar surface area (TPSA) is 54.4 Å². The van der Waals surface area contributed by atoms with E-state index >= 15 is 0 Å². The van der Waals surface area contributed by atoms with Gasteiger partial charge in [0.25, 0.3) is 0 Å². The van der Waals surface area contributed by atoms with E-state index < -0.39 is 5.97 Å². The lowest BCUT2D eigenvalue weighted by atomic mass is 10.1. The Morgan fingerprint density at radius 2 is 1.83 bits per heavy atom. The summed E-state index contributed by atoms with van der Waals surface area (Å²) < 4.78 is 0. The summed E-state index contributed by atoms with van der Waals surface area (Å²) in [6.45, 7) is 2.16. The quantitative estimate of drug-likeness (QED) is 0.443. The number of benzene rings is 1. The van der Waals surface area contributed by atoms with Crippen molar-refractivity contribution < 1.29 is 14.7 Å². The van der Waals surface area contributed by atoms with Crippen LogP contribution < -0.4 is 0 Å². The second-order valence-electron chi connectivity index (χ2n) is 4.04. The van der Waals surface area contributed by atoms with Crippen LogP contribution in [0.2, 0.25) is 0 Å². The highest BCUT2D eigenvalue weighted by molar-refractivity contribution is 7.99. The number of carbonyl (C=O) groups excluding carboxylic acids is 1. The van der Waals surface area contributed by atoms with Gasteiger partial charge in [0.1, 0.15) is 0 Å². The lowest BCUT2D eigenvalue weighted by Gasteiger charge is -2.03. The molecule has 0 radical (unpaired) electrons. The number of Topliss-reactive ketones (excluding diaryl/α,β-unsaturated/α-hetero) is 1. The highest BCUT2D eigenvalue weighted by Crippen LogP contribution is 2.20. The molecule has 1 N–H and O–H groups in total. The predicted molar refractivity (Wildman–Crippen MR) is 73.3 cm³/mol. The summed E-state index contributed by atoms with van der Waals surface area (Å²) in [5, 5.41) is 8.52. The second-order valence-corrected chi connectivity index (χ2v) is 5.21. The molecular formula is C14H18O3S. The van der Waals surface area contributed by atoms with Gasteiger partial charge >= 0.3 is 5.97 Å². The first-order valence-electron chi connectivity index (χ1n) is 6.11. The zero-order valence-electron chi connectivity index (χ0n) is 10.5. The van der Waals surface area contributed by atoms with E-state index in [1.165, 1.54) is 12.8 Å². The molecule has 0 aliphatic rings. The second kappa shape index (κ2) is 7.93. The van der Waals surface area contributed by atoms with Crippen LogP contribution in [-0.2, 0) is 4.79 Å². The molecule has 0 bridgehead atoms. The number of unbranched alkanes of at least 4 members (excludes halogenated alkanes) is 1. The van der Waals surface area contributed by atoms with Crippen molar-refractivity contribution >= 4 is 23.5 Å². The SMILES string of the molecule is CCCCSc1ccc(C(=O)CCC(=O)O)cc1. The molecule has 18 heavy (non-hydrogen) atoms. The zero-order chi connectivity index (χ0) is 13.4.